The second-order valence-corrected chi connectivity index (χ2v) is 10.3. The number of carbonyl (C=O) groups excluding carboxylic acids is 1. The topological polar surface area (TPSA) is 68.3 Å². The molecule has 1 aromatic carbocycles. The van der Waals surface area contributed by atoms with Crippen LogP contribution in [0.1, 0.15) is 47.0 Å². The van der Waals surface area contributed by atoms with Gasteiger partial charge in [-0.1, -0.05) is 24.6 Å². The first kappa shape index (κ1) is 24.8. The summed E-state index contributed by atoms with van der Waals surface area (Å²) in [6.07, 6.45) is 2.55. The number of hydrogen-bond donors (Lipinski definition) is 2. The van der Waals surface area contributed by atoms with E-state index in [2.05, 4.69) is 44.3 Å². The van der Waals surface area contributed by atoms with E-state index in [1.165, 1.54) is 5.69 Å². The normalized spacial score (nSPS) is 22.9. The molecule has 2 fully saturated rings. The summed E-state index contributed by atoms with van der Waals surface area (Å²) in [5, 5.41) is 13.9. The Kier molecular flexibility index (Phi) is 8.79. The number of β-amino-alcohol motifs (C(OH)–C–C–N with tert-alkyl or cyclic N) is 1. The Morgan fingerprint density at radius 3 is 2.44 bits per heavy atom. The van der Waals surface area contributed by atoms with Gasteiger partial charge in [-0.25, -0.2) is 4.79 Å². The lowest BCUT2D eigenvalue weighted by Crippen LogP contribution is -2.56. The second-order valence-electron chi connectivity index (χ2n) is 10.3. The van der Waals surface area contributed by atoms with Crippen molar-refractivity contribution in [3.8, 4) is 0 Å². The highest BCUT2D eigenvalue weighted by atomic mass is 16.6. The molecule has 32 heavy (non-hydrogen) atoms. The smallest absolute Gasteiger partial charge is 0.407 e. The lowest BCUT2D eigenvalue weighted by atomic mass is 9.96. The van der Waals surface area contributed by atoms with Crippen LogP contribution in [0.15, 0.2) is 30.3 Å². The summed E-state index contributed by atoms with van der Waals surface area (Å²) < 4.78 is 5.43. The minimum atomic E-state index is -0.503. The Morgan fingerprint density at radius 1 is 1.09 bits per heavy atom. The fourth-order valence-electron chi connectivity index (χ4n) is 4.85. The van der Waals surface area contributed by atoms with Crippen LogP contribution in [0.4, 0.5) is 10.5 Å². The number of aliphatic hydroxyl groups excluding tert-OH is 1. The van der Waals surface area contributed by atoms with E-state index in [4.69, 9.17) is 4.74 Å². The van der Waals surface area contributed by atoms with E-state index >= 15 is 0 Å². The van der Waals surface area contributed by atoms with E-state index in [9.17, 15) is 9.90 Å². The van der Waals surface area contributed by atoms with Gasteiger partial charge in [0.25, 0.3) is 0 Å². The number of rotatable bonds is 7. The molecule has 2 N–H and O–H groups in total. The van der Waals surface area contributed by atoms with Crippen molar-refractivity contribution in [3.63, 3.8) is 0 Å². The first-order valence-electron chi connectivity index (χ1n) is 12.2. The van der Waals surface area contributed by atoms with E-state index < -0.39 is 11.7 Å². The molecule has 3 atom stereocenters. The van der Waals surface area contributed by atoms with Crippen molar-refractivity contribution in [2.45, 2.75) is 70.7 Å². The van der Waals surface area contributed by atoms with Gasteiger partial charge in [-0.2, -0.15) is 0 Å². The maximum atomic E-state index is 12.2. The molecule has 0 bridgehead atoms. The molecule has 0 aromatic heterocycles. The molecule has 0 radical (unpaired) electrons. The molecular formula is C25H42N4O3. The first-order valence-corrected chi connectivity index (χ1v) is 12.2. The van der Waals surface area contributed by atoms with Gasteiger partial charge in [0.05, 0.1) is 6.10 Å². The van der Waals surface area contributed by atoms with Crippen LogP contribution in [0, 0.1) is 0 Å². The SMILES string of the molecule is CC(NC(=O)OC(C)(C)C)C1CCCCN1CC(O)CN1CCN(c2ccccc2)CC1. The molecule has 7 nitrogen and oxygen atoms in total. The predicted octanol–water partition coefficient (Wildman–Crippen LogP) is 2.94. The lowest BCUT2D eigenvalue weighted by Gasteiger charge is -2.41. The van der Waals surface area contributed by atoms with Crippen LogP contribution in [-0.2, 0) is 4.74 Å². The number of benzene rings is 1. The Bertz CT molecular complexity index is 701. The van der Waals surface area contributed by atoms with Gasteiger partial charge in [-0.3, -0.25) is 9.80 Å². The van der Waals surface area contributed by atoms with E-state index in [0.717, 1.165) is 52.0 Å². The molecule has 180 valence electrons. The maximum absolute atomic E-state index is 12.2. The Balaban J connectivity index is 1.45. The molecule has 0 saturated carbocycles. The largest absolute Gasteiger partial charge is 0.444 e. The van der Waals surface area contributed by atoms with E-state index in [1.54, 1.807) is 0 Å². The summed E-state index contributed by atoms with van der Waals surface area (Å²) in [7, 11) is 0. The zero-order valence-corrected chi connectivity index (χ0v) is 20.3. The van der Waals surface area contributed by atoms with Gasteiger partial charge >= 0.3 is 6.09 Å². The summed E-state index contributed by atoms with van der Waals surface area (Å²) in [4.78, 5) is 19.4. The highest BCUT2D eigenvalue weighted by Crippen LogP contribution is 2.21. The first-order chi connectivity index (χ1) is 15.2. The summed E-state index contributed by atoms with van der Waals surface area (Å²) in [5.41, 5.74) is 0.770. The number of anilines is 1. The number of piperazine rings is 1. The molecule has 7 heteroatoms. The number of alkyl carbamates (subject to hydrolysis) is 1. The van der Waals surface area contributed by atoms with E-state index in [0.29, 0.717) is 13.1 Å². The highest BCUT2D eigenvalue weighted by Gasteiger charge is 2.31. The van der Waals surface area contributed by atoms with Crippen LogP contribution in [-0.4, -0.2) is 90.6 Å². The average molecular weight is 447 g/mol. The van der Waals surface area contributed by atoms with Crippen LogP contribution in [0.5, 0.6) is 0 Å². The number of hydrogen-bond acceptors (Lipinski definition) is 6. The molecule has 2 aliphatic rings. The Morgan fingerprint density at radius 2 is 1.78 bits per heavy atom. The van der Waals surface area contributed by atoms with Gasteiger partial charge in [-0.05, 0) is 59.2 Å². The quantitative estimate of drug-likeness (QED) is 0.671. The van der Waals surface area contributed by atoms with Crippen LogP contribution in [0.25, 0.3) is 0 Å². The molecule has 3 rings (SSSR count). The molecule has 2 heterocycles. The van der Waals surface area contributed by atoms with Gasteiger partial charge in [0.15, 0.2) is 0 Å². The molecule has 0 aliphatic carbocycles. The minimum absolute atomic E-state index is 0.0215. The van der Waals surface area contributed by atoms with Crippen LogP contribution >= 0.6 is 0 Å². The average Bonchev–Trinajstić information content (AvgIpc) is 2.74. The third kappa shape index (κ3) is 7.64. The highest BCUT2D eigenvalue weighted by molar-refractivity contribution is 5.68. The summed E-state index contributed by atoms with van der Waals surface area (Å²) in [6, 6.07) is 10.7. The van der Waals surface area contributed by atoms with Crippen LogP contribution < -0.4 is 10.2 Å². The summed E-state index contributed by atoms with van der Waals surface area (Å²) >= 11 is 0. The number of likely N-dealkylation sites (tertiary alicyclic amines) is 1. The van der Waals surface area contributed by atoms with Crippen molar-refractivity contribution in [2.24, 2.45) is 0 Å². The van der Waals surface area contributed by atoms with Gasteiger partial charge in [0.2, 0.25) is 0 Å². The van der Waals surface area contributed by atoms with Gasteiger partial charge in [0, 0.05) is 57.0 Å². The van der Waals surface area contributed by atoms with E-state index in [-0.39, 0.29) is 18.2 Å². The van der Waals surface area contributed by atoms with Gasteiger partial charge < -0.3 is 20.1 Å². The van der Waals surface area contributed by atoms with Gasteiger partial charge in [-0.15, -0.1) is 0 Å². The predicted molar refractivity (Wildman–Crippen MR) is 129 cm³/mol. The molecule has 3 unspecified atom stereocenters. The third-order valence-electron chi connectivity index (χ3n) is 6.39. The van der Waals surface area contributed by atoms with Crippen molar-refractivity contribution < 1.29 is 14.6 Å². The molecule has 2 saturated heterocycles. The monoisotopic (exact) mass is 446 g/mol. The molecule has 1 aromatic rings. The van der Waals surface area contributed by atoms with Gasteiger partial charge in [0.1, 0.15) is 5.60 Å². The van der Waals surface area contributed by atoms with E-state index in [1.807, 2.05) is 33.8 Å². The van der Waals surface area contributed by atoms with Crippen molar-refractivity contribution in [3.05, 3.63) is 30.3 Å². The number of nitrogens with one attached hydrogen (secondary N) is 1. The summed E-state index contributed by atoms with van der Waals surface area (Å²) in [6.45, 7) is 13.9. The Hall–Kier alpha value is -1.83. The van der Waals surface area contributed by atoms with Crippen molar-refractivity contribution in [1.82, 2.24) is 15.1 Å². The number of nitrogens with zero attached hydrogens (tertiary/aromatic N) is 3. The molecule has 2 aliphatic heterocycles. The number of ether oxygens (including phenoxy) is 1. The lowest BCUT2D eigenvalue weighted by molar-refractivity contribution is 0.0264. The second kappa shape index (κ2) is 11.3. The van der Waals surface area contributed by atoms with Crippen molar-refractivity contribution >= 4 is 11.8 Å². The Labute approximate surface area is 193 Å². The third-order valence-corrected chi connectivity index (χ3v) is 6.39. The van der Waals surface area contributed by atoms with Crippen LogP contribution in [0.2, 0.25) is 0 Å². The van der Waals surface area contributed by atoms with Crippen molar-refractivity contribution in [2.75, 3.05) is 50.7 Å². The number of para-hydroxylation sites is 1. The zero-order valence-electron chi connectivity index (χ0n) is 20.3. The fraction of sp³-hybridized carbons (Fsp3) is 0.720. The van der Waals surface area contributed by atoms with Crippen molar-refractivity contribution in [1.29, 1.82) is 0 Å². The fourth-order valence-corrected chi connectivity index (χ4v) is 4.85. The molecule has 0 spiro atoms. The summed E-state index contributed by atoms with van der Waals surface area (Å²) in [5.74, 6) is 0. The number of carbonyl (C=O) groups is 1. The molecule has 1 amide bonds. The molecular weight excluding hydrogens is 404 g/mol. The number of amides is 1. The van der Waals surface area contributed by atoms with Crippen LogP contribution in [0.3, 0.4) is 0 Å². The standard InChI is InChI=1S/C25H42N4O3/c1-20(26-24(31)32-25(2,3)4)23-12-8-9-13-29(23)19-22(30)18-27-14-16-28(17-15-27)21-10-6-5-7-11-21/h5-7,10-11,20,22-23,30H,8-9,12-19H2,1-4H3,(H,26,31). The minimum Gasteiger partial charge on any atom is -0.444 e. The number of aliphatic hydroxyl groups is 1. The maximum Gasteiger partial charge on any atom is 0.407 e. The number of piperidine rings is 1. The zero-order chi connectivity index (χ0) is 23.1.